The molecule has 0 saturated carbocycles. The molecular formula is C14H19NOS. The second kappa shape index (κ2) is 6.62. The van der Waals surface area contributed by atoms with E-state index in [0.717, 1.165) is 31.6 Å². The maximum atomic E-state index is 5.32. The van der Waals surface area contributed by atoms with Gasteiger partial charge in [-0.2, -0.15) is 0 Å². The van der Waals surface area contributed by atoms with Gasteiger partial charge in [-0.25, -0.2) is 0 Å². The Kier molecular flexibility index (Phi) is 4.83. The highest BCUT2D eigenvalue weighted by Crippen LogP contribution is 2.09. The van der Waals surface area contributed by atoms with Crippen LogP contribution in [0.4, 0.5) is 0 Å². The first-order valence-corrected chi connectivity index (χ1v) is 7.00. The first kappa shape index (κ1) is 12.4. The highest BCUT2D eigenvalue weighted by molar-refractivity contribution is 7.09. The molecule has 1 unspecified atom stereocenters. The summed E-state index contributed by atoms with van der Waals surface area (Å²) in [5.41, 5.74) is 0. The summed E-state index contributed by atoms with van der Waals surface area (Å²) in [5.74, 6) is 1.08. The molecule has 0 amide bonds. The molecule has 0 fully saturated rings. The summed E-state index contributed by atoms with van der Waals surface area (Å²) >= 11 is 1.83. The Hall–Kier alpha value is -1.06. The Balaban J connectivity index is 1.59. The molecule has 0 aliphatic heterocycles. The van der Waals surface area contributed by atoms with E-state index in [4.69, 9.17) is 4.42 Å². The van der Waals surface area contributed by atoms with E-state index in [0.29, 0.717) is 6.04 Å². The van der Waals surface area contributed by atoms with E-state index in [1.165, 1.54) is 4.88 Å². The highest BCUT2D eigenvalue weighted by atomic mass is 32.1. The molecule has 0 bridgehead atoms. The zero-order valence-corrected chi connectivity index (χ0v) is 11.0. The van der Waals surface area contributed by atoms with Crippen LogP contribution in [0.2, 0.25) is 0 Å². The topological polar surface area (TPSA) is 25.2 Å². The van der Waals surface area contributed by atoms with E-state index in [9.17, 15) is 0 Å². The van der Waals surface area contributed by atoms with Gasteiger partial charge >= 0.3 is 0 Å². The van der Waals surface area contributed by atoms with Crippen LogP contribution in [0.25, 0.3) is 0 Å². The highest BCUT2D eigenvalue weighted by Gasteiger charge is 2.03. The molecule has 2 nitrogen and oxygen atoms in total. The number of hydrogen-bond acceptors (Lipinski definition) is 3. The van der Waals surface area contributed by atoms with Gasteiger partial charge in [-0.3, -0.25) is 0 Å². The predicted octanol–water partition coefficient (Wildman–Crippen LogP) is 3.49. The van der Waals surface area contributed by atoms with Crippen LogP contribution in [0.3, 0.4) is 0 Å². The van der Waals surface area contributed by atoms with Crippen molar-refractivity contribution in [3.05, 3.63) is 46.5 Å². The van der Waals surface area contributed by atoms with E-state index in [1.54, 1.807) is 6.26 Å². The minimum absolute atomic E-state index is 0.542. The molecule has 17 heavy (non-hydrogen) atoms. The van der Waals surface area contributed by atoms with Crippen molar-refractivity contribution in [3.63, 3.8) is 0 Å². The molecule has 0 aliphatic rings. The van der Waals surface area contributed by atoms with Crippen molar-refractivity contribution in [2.24, 2.45) is 0 Å². The van der Waals surface area contributed by atoms with Gasteiger partial charge in [0.1, 0.15) is 5.76 Å². The van der Waals surface area contributed by atoms with Gasteiger partial charge in [0.05, 0.1) is 6.26 Å². The summed E-state index contributed by atoms with van der Waals surface area (Å²) in [4.78, 5) is 1.45. The van der Waals surface area contributed by atoms with E-state index in [2.05, 4.69) is 29.8 Å². The minimum Gasteiger partial charge on any atom is -0.469 e. The van der Waals surface area contributed by atoms with Crippen molar-refractivity contribution in [2.45, 2.75) is 32.2 Å². The fraction of sp³-hybridized carbons (Fsp3) is 0.429. The summed E-state index contributed by atoms with van der Waals surface area (Å²) in [6.45, 7) is 3.29. The van der Waals surface area contributed by atoms with Gasteiger partial charge in [0.25, 0.3) is 0 Å². The lowest BCUT2D eigenvalue weighted by atomic mass is 10.1. The third-order valence-corrected chi connectivity index (χ3v) is 3.78. The molecule has 2 aromatic heterocycles. The molecule has 2 aromatic rings. The van der Waals surface area contributed by atoms with Crippen LogP contribution in [0.5, 0.6) is 0 Å². The number of furan rings is 1. The Bertz CT molecular complexity index is 394. The minimum atomic E-state index is 0.542. The fourth-order valence-corrected chi connectivity index (χ4v) is 2.52. The van der Waals surface area contributed by atoms with Crippen LogP contribution in [-0.4, -0.2) is 12.6 Å². The number of thiophene rings is 1. The van der Waals surface area contributed by atoms with E-state index >= 15 is 0 Å². The van der Waals surface area contributed by atoms with Crippen LogP contribution in [0.1, 0.15) is 24.0 Å². The molecule has 0 aromatic carbocycles. The van der Waals surface area contributed by atoms with E-state index < -0.39 is 0 Å². The maximum Gasteiger partial charge on any atom is 0.103 e. The van der Waals surface area contributed by atoms with Crippen molar-refractivity contribution in [2.75, 3.05) is 6.54 Å². The lowest BCUT2D eigenvalue weighted by molar-refractivity contribution is 0.462. The molecule has 1 atom stereocenters. The standard InChI is InChI=1S/C14H19NOS/c1-12(6-7-13-4-2-10-16-13)15-9-8-14-5-3-11-17-14/h2-5,10-12,15H,6-9H2,1H3. The third kappa shape index (κ3) is 4.36. The molecule has 2 heterocycles. The Labute approximate surface area is 107 Å². The van der Waals surface area contributed by atoms with Crippen molar-refractivity contribution >= 4 is 11.3 Å². The van der Waals surface area contributed by atoms with Gasteiger partial charge in [0, 0.05) is 23.9 Å². The second-order valence-corrected chi connectivity index (χ2v) is 5.33. The smallest absolute Gasteiger partial charge is 0.103 e. The molecule has 0 saturated heterocycles. The molecular weight excluding hydrogens is 230 g/mol. The first-order valence-electron chi connectivity index (χ1n) is 6.13. The van der Waals surface area contributed by atoms with Crippen LogP contribution in [0.15, 0.2) is 40.3 Å². The van der Waals surface area contributed by atoms with Crippen molar-refractivity contribution in [1.29, 1.82) is 0 Å². The molecule has 0 spiro atoms. The van der Waals surface area contributed by atoms with Crippen LogP contribution >= 0.6 is 11.3 Å². The zero-order chi connectivity index (χ0) is 11.9. The Morgan fingerprint density at radius 3 is 2.94 bits per heavy atom. The van der Waals surface area contributed by atoms with Crippen molar-refractivity contribution < 1.29 is 4.42 Å². The summed E-state index contributed by atoms with van der Waals surface area (Å²) in [6, 6.07) is 8.84. The summed E-state index contributed by atoms with van der Waals surface area (Å²) in [5, 5.41) is 5.68. The van der Waals surface area contributed by atoms with E-state index in [1.807, 2.05) is 23.5 Å². The predicted molar refractivity (Wildman–Crippen MR) is 72.5 cm³/mol. The molecule has 0 radical (unpaired) electrons. The number of hydrogen-bond donors (Lipinski definition) is 1. The molecule has 2 rings (SSSR count). The molecule has 3 heteroatoms. The van der Waals surface area contributed by atoms with Gasteiger partial charge in [0.15, 0.2) is 0 Å². The second-order valence-electron chi connectivity index (χ2n) is 4.30. The van der Waals surface area contributed by atoms with Crippen LogP contribution < -0.4 is 5.32 Å². The van der Waals surface area contributed by atoms with Gasteiger partial charge in [-0.05, 0) is 43.3 Å². The molecule has 0 aliphatic carbocycles. The van der Waals surface area contributed by atoms with E-state index in [-0.39, 0.29) is 0 Å². The molecule has 1 N–H and O–H groups in total. The number of rotatable bonds is 7. The summed E-state index contributed by atoms with van der Waals surface area (Å²) in [6.07, 6.45) is 5.01. The largest absolute Gasteiger partial charge is 0.469 e. The summed E-state index contributed by atoms with van der Waals surface area (Å²) < 4.78 is 5.32. The van der Waals surface area contributed by atoms with Crippen molar-refractivity contribution in [3.8, 4) is 0 Å². The van der Waals surface area contributed by atoms with Crippen LogP contribution in [-0.2, 0) is 12.8 Å². The average molecular weight is 249 g/mol. The monoisotopic (exact) mass is 249 g/mol. The quantitative estimate of drug-likeness (QED) is 0.812. The SMILES string of the molecule is CC(CCc1ccco1)NCCc1cccs1. The zero-order valence-electron chi connectivity index (χ0n) is 10.2. The Morgan fingerprint density at radius 1 is 1.29 bits per heavy atom. The van der Waals surface area contributed by atoms with Gasteiger partial charge < -0.3 is 9.73 Å². The van der Waals surface area contributed by atoms with Gasteiger partial charge in [-0.1, -0.05) is 6.07 Å². The number of aryl methyl sites for hydroxylation is 1. The van der Waals surface area contributed by atoms with Crippen LogP contribution in [0, 0.1) is 0 Å². The third-order valence-electron chi connectivity index (χ3n) is 2.85. The first-order chi connectivity index (χ1) is 8.34. The lowest BCUT2D eigenvalue weighted by Gasteiger charge is -2.12. The number of nitrogens with one attached hydrogen (secondary N) is 1. The Morgan fingerprint density at radius 2 is 2.24 bits per heavy atom. The lowest BCUT2D eigenvalue weighted by Crippen LogP contribution is -2.28. The molecule has 92 valence electrons. The van der Waals surface area contributed by atoms with Gasteiger partial charge in [0.2, 0.25) is 0 Å². The normalized spacial score (nSPS) is 12.8. The van der Waals surface area contributed by atoms with Gasteiger partial charge in [-0.15, -0.1) is 11.3 Å². The summed E-state index contributed by atoms with van der Waals surface area (Å²) in [7, 11) is 0. The van der Waals surface area contributed by atoms with Crippen molar-refractivity contribution in [1.82, 2.24) is 5.32 Å². The maximum absolute atomic E-state index is 5.32. The average Bonchev–Trinajstić information content (AvgIpc) is 2.99. The fourth-order valence-electron chi connectivity index (χ4n) is 1.81.